The first-order valence-electron chi connectivity index (χ1n) is 4.45. The largest absolute Gasteiger partial charge is 0.466 e. The number of carbonyl (C=O) groups is 2. The summed E-state index contributed by atoms with van der Waals surface area (Å²) in [6.07, 6.45) is 1.39. The molecule has 4 heteroatoms. The molecule has 1 atom stereocenters. The molecule has 0 bridgehead atoms. The van der Waals surface area contributed by atoms with Crippen molar-refractivity contribution >= 4 is 12.3 Å². The summed E-state index contributed by atoms with van der Waals surface area (Å²) in [7, 11) is 0. The number of rotatable bonds is 7. The van der Waals surface area contributed by atoms with E-state index in [1.54, 1.807) is 6.92 Å². The van der Waals surface area contributed by atoms with Gasteiger partial charge in [0.25, 0.3) is 0 Å². The molecule has 0 fully saturated rings. The molecule has 1 unspecified atom stereocenters. The van der Waals surface area contributed by atoms with Gasteiger partial charge in [0.15, 0.2) is 0 Å². The monoisotopic (exact) mass is 188 g/mol. The van der Waals surface area contributed by atoms with Gasteiger partial charge in [-0.2, -0.15) is 0 Å². The molecule has 0 aliphatic rings. The molecule has 13 heavy (non-hydrogen) atoms. The van der Waals surface area contributed by atoms with Gasteiger partial charge in [0.1, 0.15) is 12.9 Å². The second kappa shape index (κ2) is 7.73. The minimum atomic E-state index is -0.278. The Morgan fingerprint density at radius 3 is 2.62 bits per heavy atom. The Hall–Kier alpha value is -0.900. The summed E-state index contributed by atoms with van der Waals surface area (Å²) in [6, 6.07) is 0. The van der Waals surface area contributed by atoms with Crippen LogP contribution in [-0.2, 0) is 19.1 Å². The van der Waals surface area contributed by atoms with E-state index >= 15 is 0 Å². The lowest BCUT2D eigenvalue weighted by molar-refractivity contribution is -0.146. The van der Waals surface area contributed by atoms with Gasteiger partial charge in [-0.1, -0.05) is 6.92 Å². The van der Waals surface area contributed by atoms with E-state index in [0.29, 0.717) is 19.3 Å². The zero-order chi connectivity index (χ0) is 10.1. The van der Waals surface area contributed by atoms with Crippen LogP contribution in [0.1, 0.15) is 26.7 Å². The van der Waals surface area contributed by atoms with Crippen molar-refractivity contribution < 1.29 is 19.1 Å². The lowest BCUT2D eigenvalue weighted by atomic mass is 10.2. The van der Waals surface area contributed by atoms with Crippen LogP contribution in [0.5, 0.6) is 0 Å². The van der Waals surface area contributed by atoms with Crippen LogP contribution in [0.3, 0.4) is 0 Å². The normalized spacial score (nSPS) is 12.2. The third-order valence-corrected chi connectivity index (χ3v) is 1.55. The standard InChI is InChI=1S/C9H16O4/c1-3-8(13-6-5-10)7-9(11)12-4-2/h5,8H,3-4,6-7H2,1-2H3. The van der Waals surface area contributed by atoms with Crippen molar-refractivity contribution in [3.05, 3.63) is 0 Å². The smallest absolute Gasteiger partial charge is 0.308 e. The second-order valence-corrected chi connectivity index (χ2v) is 2.54. The Morgan fingerprint density at radius 2 is 2.15 bits per heavy atom. The predicted molar refractivity (Wildman–Crippen MR) is 47.3 cm³/mol. The molecular weight excluding hydrogens is 172 g/mol. The van der Waals surface area contributed by atoms with Crippen LogP contribution >= 0.6 is 0 Å². The molecule has 0 saturated carbocycles. The van der Waals surface area contributed by atoms with Gasteiger partial charge >= 0.3 is 5.97 Å². The first-order chi connectivity index (χ1) is 6.24. The summed E-state index contributed by atoms with van der Waals surface area (Å²) in [4.78, 5) is 21.0. The summed E-state index contributed by atoms with van der Waals surface area (Å²) in [5.41, 5.74) is 0. The number of carbonyl (C=O) groups excluding carboxylic acids is 2. The van der Waals surface area contributed by atoms with Gasteiger partial charge in [-0.25, -0.2) is 0 Å². The maximum absolute atomic E-state index is 11.0. The van der Waals surface area contributed by atoms with Gasteiger partial charge < -0.3 is 14.3 Å². The second-order valence-electron chi connectivity index (χ2n) is 2.54. The van der Waals surface area contributed by atoms with E-state index in [2.05, 4.69) is 0 Å². The van der Waals surface area contributed by atoms with Gasteiger partial charge in [-0.15, -0.1) is 0 Å². The quantitative estimate of drug-likeness (QED) is 0.440. The lowest BCUT2D eigenvalue weighted by Gasteiger charge is -2.12. The SMILES string of the molecule is CCOC(=O)CC(CC)OCC=O. The van der Waals surface area contributed by atoms with E-state index in [4.69, 9.17) is 9.47 Å². The number of hydrogen-bond acceptors (Lipinski definition) is 4. The van der Waals surface area contributed by atoms with E-state index in [9.17, 15) is 9.59 Å². The van der Waals surface area contributed by atoms with Crippen LogP contribution in [0.15, 0.2) is 0 Å². The van der Waals surface area contributed by atoms with Gasteiger partial charge in [0.2, 0.25) is 0 Å². The summed E-state index contributed by atoms with van der Waals surface area (Å²) < 4.78 is 9.84. The molecule has 0 aromatic rings. The van der Waals surface area contributed by atoms with Crippen molar-refractivity contribution in [3.63, 3.8) is 0 Å². The first-order valence-corrected chi connectivity index (χ1v) is 4.45. The van der Waals surface area contributed by atoms with Crippen LogP contribution in [-0.4, -0.2) is 31.6 Å². The predicted octanol–water partition coefficient (Wildman–Crippen LogP) is 0.934. The average molecular weight is 188 g/mol. The number of hydrogen-bond donors (Lipinski definition) is 0. The fourth-order valence-electron chi connectivity index (χ4n) is 0.902. The minimum Gasteiger partial charge on any atom is -0.466 e. The molecular formula is C9H16O4. The van der Waals surface area contributed by atoms with Crippen LogP contribution in [0.25, 0.3) is 0 Å². The zero-order valence-electron chi connectivity index (χ0n) is 8.12. The van der Waals surface area contributed by atoms with Crippen LogP contribution < -0.4 is 0 Å². The summed E-state index contributed by atoms with van der Waals surface area (Å²) in [5, 5.41) is 0. The number of ether oxygens (including phenoxy) is 2. The Labute approximate surface area is 78.2 Å². The highest BCUT2D eigenvalue weighted by molar-refractivity contribution is 5.69. The summed E-state index contributed by atoms with van der Waals surface area (Å²) in [6.45, 7) is 4.07. The highest BCUT2D eigenvalue weighted by atomic mass is 16.5. The average Bonchev–Trinajstić information content (AvgIpc) is 2.12. The molecule has 0 N–H and O–H groups in total. The van der Waals surface area contributed by atoms with Crippen molar-refractivity contribution in [1.82, 2.24) is 0 Å². The molecule has 0 heterocycles. The molecule has 0 radical (unpaired) electrons. The Kier molecular flexibility index (Phi) is 7.20. The first kappa shape index (κ1) is 12.1. The molecule has 0 aliphatic carbocycles. The van der Waals surface area contributed by atoms with Gasteiger partial charge in [0.05, 0.1) is 19.1 Å². The van der Waals surface area contributed by atoms with Crippen molar-refractivity contribution in [2.24, 2.45) is 0 Å². The van der Waals surface area contributed by atoms with E-state index in [-0.39, 0.29) is 25.1 Å². The highest BCUT2D eigenvalue weighted by Gasteiger charge is 2.12. The van der Waals surface area contributed by atoms with Gasteiger partial charge in [0, 0.05) is 0 Å². The lowest BCUT2D eigenvalue weighted by Crippen LogP contribution is -2.19. The Balaban J connectivity index is 3.68. The molecule has 0 amide bonds. The highest BCUT2D eigenvalue weighted by Crippen LogP contribution is 2.04. The van der Waals surface area contributed by atoms with Gasteiger partial charge in [-0.3, -0.25) is 4.79 Å². The van der Waals surface area contributed by atoms with Crippen LogP contribution in [0.4, 0.5) is 0 Å². The van der Waals surface area contributed by atoms with Crippen molar-refractivity contribution in [2.75, 3.05) is 13.2 Å². The molecule has 0 saturated heterocycles. The Bertz CT molecular complexity index is 156. The van der Waals surface area contributed by atoms with Crippen molar-refractivity contribution in [1.29, 1.82) is 0 Å². The fourth-order valence-corrected chi connectivity index (χ4v) is 0.902. The summed E-state index contributed by atoms with van der Waals surface area (Å²) in [5.74, 6) is -0.278. The molecule has 0 rings (SSSR count). The zero-order valence-corrected chi connectivity index (χ0v) is 8.12. The molecule has 4 nitrogen and oxygen atoms in total. The number of aldehydes is 1. The molecule has 0 spiro atoms. The maximum atomic E-state index is 11.0. The fraction of sp³-hybridized carbons (Fsp3) is 0.778. The van der Waals surface area contributed by atoms with Crippen molar-refractivity contribution in [2.45, 2.75) is 32.8 Å². The molecule has 0 aromatic carbocycles. The molecule has 0 aliphatic heterocycles. The van der Waals surface area contributed by atoms with E-state index in [1.165, 1.54) is 0 Å². The third-order valence-electron chi connectivity index (χ3n) is 1.55. The van der Waals surface area contributed by atoms with Crippen LogP contribution in [0.2, 0.25) is 0 Å². The molecule has 76 valence electrons. The minimum absolute atomic E-state index is 0.0396. The summed E-state index contributed by atoms with van der Waals surface area (Å²) >= 11 is 0. The van der Waals surface area contributed by atoms with Crippen molar-refractivity contribution in [3.8, 4) is 0 Å². The van der Waals surface area contributed by atoms with E-state index < -0.39 is 0 Å². The topological polar surface area (TPSA) is 52.6 Å². The van der Waals surface area contributed by atoms with Crippen LogP contribution in [0, 0.1) is 0 Å². The van der Waals surface area contributed by atoms with E-state index in [0.717, 1.165) is 0 Å². The van der Waals surface area contributed by atoms with E-state index in [1.807, 2.05) is 6.92 Å². The Morgan fingerprint density at radius 1 is 1.46 bits per heavy atom. The molecule has 0 aromatic heterocycles. The third kappa shape index (κ3) is 6.28. The number of esters is 1. The van der Waals surface area contributed by atoms with Gasteiger partial charge in [-0.05, 0) is 13.3 Å². The maximum Gasteiger partial charge on any atom is 0.308 e.